The molecule has 1 N–H and O–H groups in total. The lowest BCUT2D eigenvalue weighted by Crippen LogP contribution is -2.27. The van der Waals surface area contributed by atoms with E-state index < -0.39 is 0 Å². The predicted molar refractivity (Wildman–Crippen MR) is 64.3 cm³/mol. The molecule has 0 aromatic carbocycles. The van der Waals surface area contributed by atoms with Crippen LogP contribution < -0.4 is 0 Å². The van der Waals surface area contributed by atoms with E-state index >= 15 is 0 Å². The minimum Gasteiger partial charge on any atom is -0.361 e. The van der Waals surface area contributed by atoms with Gasteiger partial charge in [-0.1, -0.05) is 32.6 Å². The molecule has 1 saturated carbocycles. The Morgan fingerprint density at radius 2 is 2.00 bits per heavy atom. The molecule has 0 radical (unpaired) electrons. The fourth-order valence-electron chi connectivity index (χ4n) is 2.93. The SMILES string of the molecule is CC1CCC(CCN2CCCC2=N)CC1. The van der Waals surface area contributed by atoms with Crippen LogP contribution in [-0.2, 0) is 0 Å². The number of nitrogens with one attached hydrogen (secondary N) is 1. The molecule has 0 spiro atoms. The number of likely N-dealkylation sites (tertiary alicyclic amines) is 1. The van der Waals surface area contributed by atoms with E-state index in [1.807, 2.05) is 0 Å². The van der Waals surface area contributed by atoms with Gasteiger partial charge in [0.1, 0.15) is 0 Å². The lowest BCUT2D eigenvalue weighted by Gasteiger charge is -2.28. The highest BCUT2D eigenvalue weighted by atomic mass is 15.2. The standard InChI is InChI=1S/C13H24N2/c1-11-4-6-12(7-5-11)8-10-15-9-2-3-13(15)14/h11-12,14H,2-10H2,1H3. The summed E-state index contributed by atoms with van der Waals surface area (Å²) in [5, 5.41) is 7.78. The smallest absolute Gasteiger partial charge is 0.0958 e. The first-order valence-electron chi connectivity index (χ1n) is 6.58. The molecule has 0 unspecified atom stereocenters. The number of hydrogen-bond donors (Lipinski definition) is 1. The van der Waals surface area contributed by atoms with Gasteiger partial charge in [-0.15, -0.1) is 0 Å². The van der Waals surface area contributed by atoms with Crippen LogP contribution in [0.1, 0.15) is 51.9 Å². The molecule has 2 rings (SSSR count). The van der Waals surface area contributed by atoms with Crippen molar-refractivity contribution in [2.45, 2.75) is 51.9 Å². The van der Waals surface area contributed by atoms with Gasteiger partial charge in [-0.05, 0) is 24.7 Å². The molecule has 86 valence electrons. The normalized spacial score (nSPS) is 32.3. The minimum absolute atomic E-state index is 0.888. The Balaban J connectivity index is 1.67. The Kier molecular flexibility index (Phi) is 3.66. The summed E-state index contributed by atoms with van der Waals surface area (Å²) in [5.41, 5.74) is 0. The van der Waals surface area contributed by atoms with Gasteiger partial charge in [0.25, 0.3) is 0 Å². The van der Waals surface area contributed by atoms with Crippen LogP contribution in [0.5, 0.6) is 0 Å². The maximum Gasteiger partial charge on any atom is 0.0958 e. The molecule has 0 atom stereocenters. The summed E-state index contributed by atoms with van der Waals surface area (Å²) in [7, 11) is 0. The maximum absolute atomic E-state index is 7.78. The molecule has 1 aliphatic carbocycles. The van der Waals surface area contributed by atoms with E-state index in [4.69, 9.17) is 5.41 Å². The summed E-state index contributed by atoms with van der Waals surface area (Å²) in [5.74, 6) is 2.81. The van der Waals surface area contributed by atoms with Crippen LogP contribution in [0.3, 0.4) is 0 Å². The summed E-state index contributed by atoms with van der Waals surface area (Å²) in [4.78, 5) is 2.29. The molecule has 0 aromatic rings. The Hall–Kier alpha value is -0.530. The van der Waals surface area contributed by atoms with Crippen LogP contribution in [0, 0.1) is 17.2 Å². The van der Waals surface area contributed by atoms with Crippen LogP contribution in [0.4, 0.5) is 0 Å². The zero-order chi connectivity index (χ0) is 10.7. The summed E-state index contributed by atoms with van der Waals surface area (Å²) in [6.45, 7) is 4.67. The molecule has 2 nitrogen and oxygen atoms in total. The molecule has 0 aromatic heterocycles. The number of nitrogens with zero attached hydrogens (tertiary/aromatic N) is 1. The van der Waals surface area contributed by atoms with Crippen LogP contribution in [0.25, 0.3) is 0 Å². The second kappa shape index (κ2) is 5.00. The Labute approximate surface area is 93.6 Å². The van der Waals surface area contributed by atoms with Crippen LogP contribution in [0.15, 0.2) is 0 Å². The molecule has 2 fully saturated rings. The highest BCUT2D eigenvalue weighted by Gasteiger charge is 2.21. The van der Waals surface area contributed by atoms with Crippen molar-refractivity contribution in [2.75, 3.05) is 13.1 Å². The number of rotatable bonds is 3. The van der Waals surface area contributed by atoms with Gasteiger partial charge in [-0.2, -0.15) is 0 Å². The Bertz CT molecular complexity index is 217. The zero-order valence-electron chi connectivity index (χ0n) is 9.97. The largest absolute Gasteiger partial charge is 0.361 e. The van der Waals surface area contributed by atoms with E-state index in [1.54, 1.807) is 0 Å². The van der Waals surface area contributed by atoms with E-state index in [2.05, 4.69) is 11.8 Å². The molecule has 1 heterocycles. The van der Waals surface area contributed by atoms with E-state index in [0.717, 1.165) is 37.2 Å². The van der Waals surface area contributed by atoms with Gasteiger partial charge in [0, 0.05) is 19.5 Å². The first kappa shape index (κ1) is 11.0. The van der Waals surface area contributed by atoms with Crippen molar-refractivity contribution in [2.24, 2.45) is 11.8 Å². The van der Waals surface area contributed by atoms with Crippen molar-refractivity contribution in [3.63, 3.8) is 0 Å². The van der Waals surface area contributed by atoms with Crippen LogP contribution in [-0.4, -0.2) is 23.8 Å². The monoisotopic (exact) mass is 208 g/mol. The fourth-order valence-corrected chi connectivity index (χ4v) is 2.93. The molecule has 1 aliphatic heterocycles. The summed E-state index contributed by atoms with van der Waals surface area (Å²) < 4.78 is 0. The van der Waals surface area contributed by atoms with Gasteiger partial charge in [0.05, 0.1) is 5.84 Å². The van der Waals surface area contributed by atoms with Crippen molar-refractivity contribution in [3.8, 4) is 0 Å². The predicted octanol–water partition coefficient (Wildman–Crippen LogP) is 3.28. The number of hydrogen-bond acceptors (Lipinski definition) is 1. The maximum atomic E-state index is 7.78. The van der Waals surface area contributed by atoms with Gasteiger partial charge >= 0.3 is 0 Å². The summed E-state index contributed by atoms with van der Waals surface area (Å²) >= 11 is 0. The third-order valence-corrected chi connectivity index (χ3v) is 4.17. The van der Waals surface area contributed by atoms with Crippen LogP contribution >= 0.6 is 0 Å². The lowest BCUT2D eigenvalue weighted by molar-refractivity contribution is 0.259. The highest BCUT2D eigenvalue weighted by molar-refractivity contribution is 5.80. The van der Waals surface area contributed by atoms with Crippen molar-refractivity contribution < 1.29 is 0 Å². The van der Waals surface area contributed by atoms with Crippen LogP contribution in [0.2, 0.25) is 0 Å². The van der Waals surface area contributed by atoms with Crippen molar-refractivity contribution in [1.29, 1.82) is 5.41 Å². The van der Waals surface area contributed by atoms with Crippen molar-refractivity contribution >= 4 is 5.84 Å². The second-order valence-corrected chi connectivity index (χ2v) is 5.45. The second-order valence-electron chi connectivity index (χ2n) is 5.45. The van der Waals surface area contributed by atoms with Gasteiger partial charge in [-0.3, -0.25) is 5.41 Å². The van der Waals surface area contributed by atoms with E-state index in [-0.39, 0.29) is 0 Å². The molecular weight excluding hydrogens is 184 g/mol. The zero-order valence-corrected chi connectivity index (χ0v) is 9.97. The first-order valence-corrected chi connectivity index (χ1v) is 6.58. The summed E-state index contributed by atoms with van der Waals surface area (Å²) in [6, 6.07) is 0. The fraction of sp³-hybridized carbons (Fsp3) is 0.923. The molecule has 0 amide bonds. The average molecular weight is 208 g/mol. The quantitative estimate of drug-likeness (QED) is 0.757. The molecular formula is C13H24N2. The first-order chi connectivity index (χ1) is 7.25. The topological polar surface area (TPSA) is 27.1 Å². The molecule has 2 aliphatic rings. The van der Waals surface area contributed by atoms with E-state index in [1.165, 1.54) is 38.5 Å². The molecule has 0 bridgehead atoms. The highest BCUT2D eigenvalue weighted by Crippen LogP contribution is 2.30. The lowest BCUT2D eigenvalue weighted by atomic mass is 9.81. The minimum atomic E-state index is 0.888. The van der Waals surface area contributed by atoms with Gasteiger partial charge in [0.2, 0.25) is 0 Å². The van der Waals surface area contributed by atoms with Gasteiger partial charge in [0.15, 0.2) is 0 Å². The Morgan fingerprint density at radius 3 is 2.60 bits per heavy atom. The number of amidine groups is 1. The third-order valence-electron chi connectivity index (χ3n) is 4.17. The molecule has 1 saturated heterocycles. The average Bonchev–Trinajstić information content (AvgIpc) is 2.63. The van der Waals surface area contributed by atoms with E-state index in [9.17, 15) is 0 Å². The van der Waals surface area contributed by atoms with Gasteiger partial charge in [-0.25, -0.2) is 0 Å². The van der Waals surface area contributed by atoms with E-state index in [0.29, 0.717) is 0 Å². The van der Waals surface area contributed by atoms with Crippen molar-refractivity contribution in [3.05, 3.63) is 0 Å². The van der Waals surface area contributed by atoms with Gasteiger partial charge < -0.3 is 4.90 Å². The molecule has 2 heteroatoms. The van der Waals surface area contributed by atoms with Crippen molar-refractivity contribution in [1.82, 2.24) is 4.90 Å². The third kappa shape index (κ3) is 2.96. The summed E-state index contributed by atoms with van der Waals surface area (Å²) in [6.07, 6.45) is 9.28. The Morgan fingerprint density at radius 1 is 1.27 bits per heavy atom. The molecule has 15 heavy (non-hydrogen) atoms.